The maximum Gasteiger partial charge on any atom is 0.408 e. The largest absolute Gasteiger partial charge is 0.444 e. The van der Waals surface area contributed by atoms with Crippen LogP contribution >= 0.6 is 0 Å². The quantitative estimate of drug-likeness (QED) is 0.422. The maximum atomic E-state index is 12.7. The summed E-state index contributed by atoms with van der Waals surface area (Å²) in [5.41, 5.74) is 3.40. The number of aromatic nitrogens is 3. The first-order valence-corrected chi connectivity index (χ1v) is 12.3. The summed E-state index contributed by atoms with van der Waals surface area (Å²) in [6, 6.07) is 5.17. The SMILES string of the molecule is [2H]C([2H])([2H])OC1CCC(n2c([C@H](CC=O)NC(=O)OC(C)(C)C)nc3cc(-c4c(C)noc4C)ccc32)CC1. The molecule has 36 heavy (non-hydrogen) atoms. The molecule has 194 valence electrons. The highest BCUT2D eigenvalue weighted by Crippen LogP contribution is 2.37. The molecule has 0 radical (unpaired) electrons. The van der Waals surface area contributed by atoms with Gasteiger partial charge in [-0.15, -0.1) is 0 Å². The molecule has 3 aromatic rings. The lowest BCUT2D eigenvalue weighted by atomic mass is 9.92. The van der Waals surface area contributed by atoms with E-state index in [-0.39, 0.29) is 18.6 Å². The summed E-state index contributed by atoms with van der Waals surface area (Å²) in [5.74, 6) is 1.24. The lowest BCUT2D eigenvalue weighted by Gasteiger charge is -2.31. The summed E-state index contributed by atoms with van der Waals surface area (Å²) < 4.78 is 40.5. The van der Waals surface area contributed by atoms with Gasteiger partial charge in [-0.3, -0.25) is 0 Å². The molecule has 9 nitrogen and oxygen atoms in total. The molecule has 9 heteroatoms. The predicted molar refractivity (Wildman–Crippen MR) is 136 cm³/mol. The molecular weight excluding hydrogens is 460 g/mol. The zero-order valence-corrected chi connectivity index (χ0v) is 21.5. The van der Waals surface area contributed by atoms with Crippen molar-refractivity contribution in [3.05, 3.63) is 35.5 Å². The number of nitrogens with one attached hydrogen (secondary N) is 1. The van der Waals surface area contributed by atoms with Crippen LogP contribution < -0.4 is 5.32 Å². The molecular formula is C27H36N4O5. The average molecular weight is 500 g/mol. The van der Waals surface area contributed by atoms with E-state index in [2.05, 4.69) is 15.0 Å². The number of carbonyl (C=O) groups is 2. The van der Waals surface area contributed by atoms with Crippen LogP contribution in [0.15, 0.2) is 22.7 Å². The number of methoxy groups -OCH3 is 1. The normalized spacial score (nSPS) is 20.9. The van der Waals surface area contributed by atoms with Gasteiger partial charge in [-0.2, -0.15) is 0 Å². The standard InChI is InChI=1S/C27H36N4O5/c1-16-24(17(2)36-30-16)18-7-12-23-22(15-18)28-25(31(23)19-8-10-20(34-6)11-9-19)21(13-14-32)29-26(33)35-27(3,4)5/h7,12,14-15,19-21H,8-11,13H2,1-6H3,(H,29,33)/t19?,20?,21-/m0/s1/i6D3. The van der Waals surface area contributed by atoms with Crippen molar-refractivity contribution in [1.29, 1.82) is 0 Å². The Hall–Kier alpha value is -3.20. The average Bonchev–Trinajstić information content (AvgIpc) is 3.36. The van der Waals surface area contributed by atoms with Gasteiger partial charge in [0, 0.05) is 25.1 Å². The second-order valence-electron chi connectivity index (χ2n) is 10.4. The van der Waals surface area contributed by atoms with Crippen LogP contribution in [0.4, 0.5) is 4.79 Å². The van der Waals surface area contributed by atoms with E-state index in [1.165, 1.54) is 0 Å². The number of alkyl carbamates (subject to hydrolysis) is 1. The van der Waals surface area contributed by atoms with Gasteiger partial charge in [0.15, 0.2) is 0 Å². The van der Waals surface area contributed by atoms with Gasteiger partial charge >= 0.3 is 6.09 Å². The molecule has 1 N–H and O–H groups in total. The van der Waals surface area contributed by atoms with E-state index in [4.69, 9.17) is 23.1 Å². The van der Waals surface area contributed by atoms with Crippen molar-refractivity contribution in [2.75, 3.05) is 7.04 Å². The van der Waals surface area contributed by atoms with E-state index < -0.39 is 24.8 Å². The predicted octanol–water partition coefficient (Wildman–Crippen LogP) is 5.59. The fourth-order valence-corrected chi connectivity index (χ4v) is 4.99. The van der Waals surface area contributed by atoms with E-state index in [1.807, 2.05) is 32.0 Å². The first-order chi connectivity index (χ1) is 18.3. The summed E-state index contributed by atoms with van der Waals surface area (Å²) in [4.78, 5) is 29.3. The first-order valence-electron chi connectivity index (χ1n) is 13.8. The van der Waals surface area contributed by atoms with E-state index in [0.29, 0.717) is 42.8 Å². The Kier molecular flexibility index (Phi) is 6.38. The van der Waals surface area contributed by atoms with E-state index >= 15 is 0 Å². The number of hydrogen-bond donors (Lipinski definition) is 1. The van der Waals surface area contributed by atoms with Crippen LogP contribution in [0.25, 0.3) is 22.2 Å². The minimum absolute atomic E-state index is 0.0107. The van der Waals surface area contributed by atoms with Crippen molar-refractivity contribution < 1.29 is 27.7 Å². The lowest BCUT2D eigenvalue weighted by molar-refractivity contribution is -0.108. The minimum Gasteiger partial charge on any atom is -0.444 e. The Bertz CT molecular complexity index is 1310. The Morgan fingerprint density at radius 1 is 1.31 bits per heavy atom. The molecule has 1 aromatic carbocycles. The summed E-state index contributed by atoms with van der Waals surface area (Å²) in [6.45, 7) is 9.05. The number of nitrogens with zero attached hydrogens (tertiary/aromatic N) is 3. The van der Waals surface area contributed by atoms with Gasteiger partial charge in [0.25, 0.3) is 0 Å². The van der Waals surface area contributed by atoms with Crippen molar-refractivity contribution in [2.24, 2.45) is 0 Å². The zero-order chi connectivity index (χ0) is 28.5. The molecule has 1 saturated carbocycles. The van der Waals surface area contributed by atoms with Crippen LogP contribution in [0.2, 0.25) is 0 Å². The topological polar surface area (TPSA) is 108 Å². The van der Waals surface area contributed by atoms with E-state index in [0.717, 1.165) is 28.6 Å². The Balaban J connectivity index is 1.75. The number of carbonyl (C=O) groups excluding carboxylic acids is 2. The van der Waals surface area contributed by atoms with Crippen molar-refractivity contribution in [3.8, 4) is 11.1 Å². The molecule has 0 bridgehead atoms. The number of benzene rings is 1. The molecule has 1 amide bonds. The van der Waals surface area contributed by atoms with Gasteiger partial charge in [0.2, 0.25) is 0 Å². The second-order valence-corrected chi connectivity index (χ2v) is 10.4. The monoisotopic (exact) mass is 499 g/mol. The van der Waals surface area contributed by atoms with Gasteiger partial charge in [-0.1, -0.05) is 11.2 Å². The molecule has 0 spiro atoms. The molecule has 0 aliphatic heterocycles. The number of rotatable bonds is 7. The molecule has 1 aliphatic rings. The maximum absolute atomic E-state index is 12.7. The fourth-order valence-electron chi connectivity index (χ4n) is 4.99. The number of ether oxygens (including phenoxy) is 2. The molecule has 2 heterocycles. The molecule has 2 aromatic heterocycles. The van der Waals surface area contributed by atoms with Gasteiger partial charge in [0.05, 0.1) is 33.0 Å². The zero-order valence-electron chi connectivity index (χ0n) is 24.5. The van der Waals surface area contributed by atoms with Crippen molar-refractivity contribution >= 4 is 23.4 Å². The number of imidazole rings is 1. The molecule has 0 unspecified atom stereocenters. The van der Waals surface area contributed by atoms with Crippen LogP contribution in [-0.2, 0) is 14.3 Å². The van der Waals surface area contributed by atoms with E-state index in [9.17, 15) is 9.59 Å². The minimum atomic E-state index is -2.44. The second kappa shape index (κ2) is 10.4. The third-order valence-electron chi connectivity index (χ3n) is 6.55. The first kappa shape index (κ1) is 22.0. The Morgan fingerprint density at radius 2 is 2.06 bits per heavy atom. The van der Waals surface area contributed by atoms with Crippen molar-refractivity contribution in [1.82, 2.24) is 20.0 Å². The summed E-state index contributed by atoms with van der Waals surface area (Å²) in [7, 11) is -2.44. The van der Waals surface area contributed by atoms with Gasteiger partial charge < -0.3 is 28.7 Å². The summed E-state index contributed by atoms with van der Waals surface area (Å²) in [5, 5.41) is 6.89. The van der Waals surface area contributed by atoms with Crippen LogP contribution in [0, 0.1) is 13.8 Å². The Morgan fingerprint density at radius 3 is 2.67 bits per heavy atom. The van der Waals surface area contributed by atoms with Gasteiger partial charge in [0.1, 0.15) is 23.5 Å². The van der Waals surface area contributed by atoms with Crippen LogP contribution in [0.1, 0.15) is 86.3 Å². The number of fused-ring (bicyclic) bond motifs is 1. The van der Waals surface area contributed by atoms with Crippen molar-refractivity contribution in [2.45, 2.75) is 90.5 Å². The Labute approximate surface area is 215 Å². The third-order valence-corrected chi connectivity index (χ3v) is 6.55. The third kappa shape index (κ3) is 5.46. The molecule has 1 aliphatic carbocycles. The molecule has 1 fully saturated rings. The van der Waals surface area contributed by atoms with Crippen molar-refractivity contribution in [3.63, 3.8) is 0 Å². The number of amides is 1. The highest BCUT2D eigenvalue weighted by Gasteiger charge is 2.30. The van der Waals surface area contributed by atoms with Gasteiger partial charge in [-0.25, -0.2) is 9.78 Å². The van der Waals surface area contributed by atoms with Crippen LogP contribution in [-0.4, -0.2) is 45.8 Å². The van der Waals surface area contributed by atoms with Crippen LogP contribution in [0.3, 0.4) is 0 Å². The number of hydrogen-bond acceptors (Lipinski definition) is 7. The molecule has 0 saturated heterocycles. The smallest absolute Gasteiger partial charge is 0.408 e. The highest BCUT2D eigenvalue weighted by molar-refractivity contribution is 5.84. The van der Waals surface area contributed by atoms with Crippen LogP contribution in [0.5, 0.6) is 0 Å². The number of aldehydes is 1. The number of aryl methyl sites for hydroxylation is 2. The van der Waals surface area contributed by atoms with Gasteiger partial charge in [-0.05, 0) is 78.0 Å². The molecule has 4 rings (SSSR count). The van der Waals surface area contributed by atoms with E-state index in [1.54, 1.807) is 20.8 Å². The molecule has 1 atom stereocenters. The highest BCUT2D eigenvalue weighted by atomic mass is 16.6. The fraction of sp³-hybridized carbons (Fsp3) is 0.556. The summed E-state index contributed by atoms with van der Waals surface area (Å²) >= 11 is 0. The summed E-state index contributed by atoms with van der Waals surface area (Å²) in [6.07, 6.45) is 2.21. The lowest BCUT2D eigenvalue weighted by Crippen LogP contribution is -2.36.